The summed E-state index contributed by atoms with van der Waals surface area (Å²) >= 11 is 13.3. The first-order chi connectivity index (χ1) is 13.5. The molecule has 0 atom stereocenters. The smallest absolute Gasteiger partial charge is 0.228 e. The van der Waals surface area contributed by atoms with Gasteiger partial charge < -0.3 is 5.32 Å². The Hall–Kier alpha value is -2.27. The minimum Gasteiger partial charge on any atom is -0.326 e. The lowest BCUT2D eigenvalue weighted by Gasteiger charge is -2.08. The molecule has 0 aromatic heterocycles. The molecule has 0 saturated heterocycles. The minimum absolute atomic E-state index is 0.0397. The molecule has 28 heavy (non-hydrogen) atoms. The van der Waals surface area contributed by atoms with Crippen LogP contribution in [0.5, 0.6) is 0 Å². The highest BCUT2D eigenvalue weighted by molar-refractivity contribution is 8.00. The number of carbonyl (C=O) groups is 2. The standard InChI is InChI=1S/C22H17Cl2NO2S/c23-19-10-9-16(12-20(19)24)21(26)14-28-18-8-4-7-17(13-18)25-22(27)11-15-5-2-1-3-6-15/h1-10,12-13H,11,14H2,(H,25,27). The summed E-state index contributed by atoms with van der Waals surface area (Å²) in [6, 6.07) is 21.9. The fourth-order valence-electron chi connectivity index (χ4n) is 2.55. The highest BCUT2D eigenvalue weighted by Crippen LogP contribution is 2.26. The number of anilines is 1. The predicted octanol–water partition coefficient (Wildman–Crippen LogP) is 6.15. The number of amides is 1. The first-order valence-corrected chi connectivity index (χ1v) is 10.3. The van der Waals surface area contributed by atoms with Gasteiger partial charge in [0.25, 0.3) is 0 Å². The number of Topliss-reactive ketones (excluding diaryl/α,β-unsaturated/α-hetero) is 1. The molecule has 1 N–H and O–H groups in total. The van der Waals surface area contributed by atoms with E-state index in [0.29, 0.717) is 27.7 Å². The SMILES string of the molecule is O=C(Cc1ccccc1)Nc1cccc(SCC(=O)c2ccc(Cl)c(Cl)c2)c1. The molecule has 0 saturated carbocycles. The van der Waals surface area contributed by atoms with Gasteiger partial charge in [0.2, 0.25) is 5.91 Å². The van der Waals surface area contributed by atoms with E-state index in [2.05, 4.69) is 5.32 Å². The molecule has 6 heteroatoms. The number of carbonyl (C=O) groups excluding carboxylic acids is 2. The number of hydrogen-bond acceptors (Lipinski definition) is 3. The molecule has 0 radical (unpaired) electrons. The number of nitrogens with one attached hydrogen (secondary N) is 1. The van der Waals surface area contributed by atoms with Crippen molar-refractivity contribution in [3.8, 4) is 0 Å². The van der Waals surface area contributed by atoms with E-state index in [9.17, 15) is 9.59 Å². The van der Waals surface area contributed by atoms with Crippen LogP contribution in [0.25, 0.3) is 0 Å². The van der Waals surface area contributed by atoms with E-state index in [1.165, 1.54) is 11.8 Å². The molecule has 3 aromatic rings. The van der Waals surface area contributed by atoms with E-state index in [1.54, 1.807) is 18.2 Å². The molecule has 0 spiro atoms. The Kier molecular flexibility index (Phi) is 7.15. The second kappa shape index (κ2) is 9.78. The van der Waals surface area contributed by atoms with Crippen LogP contribution in [0.4, 0.5) is 5.69 Å². The van der Waals surface area contributed by atoms with Crippen molar-refractivity contribution in [3.05, 3.63) is 94.0 Å². The first kappa shape index (κ1) is 20.5. The minimum atomic E-state index is -0.0831. The lowest BCUT2D eigenvalue weighted by Crippen LogP contribution is -2.14. The molecule has 142 valence electrons. The van der Waals surface area contributed by atoms with Crippen LogP contribution in [-0.2, 0) is 11.2 Å². The maximum Gasteiger partial charge on any atom is 0.228 e. The van der Waals surface area contributed by atoms with E-state index < -0.39 is 0 Å². The second-order valence-electron chi connectivity index (χ2n) is 6.08. The van der Waals surface area contributed by atoms with Gasteiger partial charge in [-0.05, 0) is 42.0 Å². The van der Waals surface area contributed by atoms with Crippen molar-refractivity contribution in [2.75, 3.05) is 11.1 Å². The van der Waals surface area contributed by atoms with Crippen molar-refractivity contribution < 1.29 is 9.59 Å². The third kappa shape index (κ3) is 5.86. The Bertz CT molecular complexity index is 993. The van der Waals surface area contributed by atoms with Crippen molar-refractivity contribution in [1.29, 1.82) is 0 Å². The summed E-state index contributed by atoms with van der Waals surface area (Å²) in [7, 11) is 0. The summed E-state index contributed by atoms with van der Waals surface area (Å²) in [5.74, 6) is 0.140. The van der Waals surface area contributed by atoms with Crippen molar-refractivity contribution in [3.63, 3.8) is 0 Å². The molecule has 1 amide bonds. The van der Waals surface area contributed by atoms with E-state index in [4.69, 9.17) is 23.2 Å². The summed E-state index contributed by atoms with van der Waals surface area (Å²) in [6.07, 6.45) is 0.314. The molecule has 0 heterocycles. The largest absolute Gasteiger partial charge is 0.326 e. The average Bonchev–Trinajstić information content (AvgIpc) is 2.69. The van der Waals surface area contributed by atoms with Crippen LogP contribution >= 0.6 is 35.0 Å². The molecule has 0 aliphatic carbocycles. The summed E-state index contributed by atoms with van der Waals surface area (Å²) < 4.78 is 0. The fourth-order valence-corrected chi connectivity index (χ4v) is 3.70. The van der Waals surface area contributed by atoms with Crippen LogP contribution in [0.15, 0.2) is 77.7 Å². The van der Waals surface area contributed by atoms with E-state index >= 15 is 0 Å². The monoisotopic (exact) mass is 429 g/mol. The first-order valence-electron chi connectivity index (χ1n) is 8.56. The zero-order chi connectivity index (χ0) is 19.9. The van der Waals surface area contributed by atoms with Gasteiger partial charge in [0.15, 0.2) is 5.78 Å². The summed E-state index contributed by atoms with van der Waals surface area (Å²) in [6.45, 7) is 0. The number of rotatable bonds is 7. The molecule has 0 aliphatic heterocycles. The molecule has 0 aliphatic rings. The molecule has 3 rings (SSSR count). The van der Waals surface area contributed by atoms with Gasteiger partial charge in [0.1, 0.15) is 0 Å². The molecule has 3 aromatic carbocycles. The van der Waals surface area contributed by atoms with E-state index in [1.807, 2.05) is 54.6 Å². The van der Waals surface area contributed by atoms with Crippen molar-refractivity contribution in [1.82, 2.24) is 0 Å². The van der Waals surface area contributed by atoms with Crippen LogP contribution in [0.2, 0.25) is 10.0 Å². The van der Waals surface area contributed by atoms with Crippen LogP contribution in [0.3, 0.4) is 0 Å². The van der Waals surface area contributed by atoms with Gasteiger partial charge in [-0.25, -0.2) is 0 Å². The predicted molar refractivity (Wildman–Crippen MR) is 117 cm³/mol. The summed E-state index contributed by atoms with van der Waals surface area (Å²) in [5, 5.41) is 3.68. The fraction of sp³-hybridized carbons (Fsp3) is 0.0909. The molecular formula is C22H17Cl2NO2S. The average molecular weight is 430 g/mol. The van der Waals surface area contributed by atoms with Crippen molar-refractivity contribution >= 4 is 52.3 Å². The number of halogens is 2. The zero-order valence-electron chi connectivity index (χ0n) is 14.8. The number of ketones is 1. The van der Waals surface area contributed by atoms with E-state index in [0.717, 1.165) is 10.5 Å². The Labute approximate surface area is 178 Å². The zero-order valence-corrected chi connectivity index (χ0v) is 17.2. The van der Waals surface area contributed by atoms with Gasteiger partial charge in [-0.3, -0.25) is 9.59 Å². The quantitative estimate of drug-likeness (QED) is 0.361. The second-order valence-corrected chi connectivity index (χ2v) is 7.94. The van der Waals surface area contributed by atoms with Gasteiger partial charge in [-0.2, -0.15) is 0 Å². The van der Waals surface area contributed by atoms with Gasteiger partial charge in [0, 0.05) is 16.1 Å². The lowest BCUT2D eigenvalue weighted by molar-refractivity contribution is -0.115. The molecule has 0 bridgehead atoms. The van der Waals surface area contributed by atoms with Crippen molar-refractivity contribution in [2.45, 2.75) is 11.3 Å². The van der Waals surface area contributed by atoms with Gasteiger partial charge in [-0.15, -0.1) is 11.8 Å². The van der Waals surface area contributed by atoms with Gasteiger partial charge in [-0.1, -0.05) is 59.6 Å². The number of hydrogen-bond donors (Lipinski definition) is 1. The number of benzene rings is 3. The highest BCUT2D eigenvalue weighted by atomic mass is 35.5. The highest BCUT2D eigenvalue weighted by Gasteiger charge is 2.10. The number of thioether (sulfide) groups is 1. The van der Waals surface area contributed by atoms with Crippen LogP contribution < -0.4 is 5.32 Å². The summed E-state index contributed by atoms with van der Waals surface area (Å²) in [4.78, 5) is 25.5. The lowest BCUT2D eigenvalue weighted by atomic mass is 10.1. The third-order valence-electron chi connectivity index (χ3n) is 3.94. The maximum atomic E-state index is 12.4. The van der Waals surface area contributed by atoms with Gasteiger partial charge in [0.05, 0.1) is 22.2 Å². The Morgan fingerprint density at radius 1 is 0.857 bits per heavy atom. The summed E-state index contributed by atoms with van der Waals surface area (Å²) in [5.41, 5.74) is 2.18. The third-order valence-corrected chi connectivity index (χ3v) is 5.67. The van der Waals surface area contributed by atoms with Crippen LogP contribution in [-0.4, -0.2) is 17.4 Å². The topological polar surface area (TPSA) is 46.2 Å². The normalized spacial score (nSPS) is 10.5. The maximum absolute atomic E-state index is 12.4. The molecular weight excluding hydrogens is 413 g/mol. The Balaban J connectivity index is 1.57. The Morgan fingerprint density at radius 2 is 1.64 bits per heavy atom. The molecule has 3 nitrogen and oxygen atoms in total. The van der Waals surface area contributed by atoms with E-state index in [-0.39, 0.29) is 17.4 Å². The van der Waals surface area contributed by atoms with Crippen LogP contribution in [0, 0.1) is 0 Å². The van der Waals surface area contributed by atoms with Gasteiger partial charge >= 0.3 is 0 Å². The van der Waals surface area contributed by atoms with Crippen LogP contribution in [0.1, 0.15) is 15.9 Å². The molecule has 0 fully saturated rings. The Morgan fingerprint density at radius 3 is 2.39 bits per heavy atom. The molecule has 0 unspecified atom stereocenters. The van der Waals surface area contributed by atoms with Crippen molar-refractivity contribution in [2.24, 2.45) is 0 Å².